The highest BCUT2D eigenvalue weighted by molar-refractivity contribution is 9.23. The molecule has 0 heterocycles. The lowest BCUT2D eigenvalue weighted by Gasteiger charge is -2.45. The molecule has 0 radical (unpaired) electrons. The molecule has 0 bridgehead atoms. The molecular formula is C6H11BrMg. The molecule has 1 rings (SSSR count). The molecule has 1 aliphatic rings. The van der Waals surface area contributed by atoms with Crippen LogP contribution in [0.1, 0.15) is 26.7 Å². The van der Waals surface area contributed by atoms with Crippen molar-refractivity contribution in [1.29, 1.82) is 0 Å². The van der Waals surface area contributed by atoms with Crippen LogP contribution in [0.2, 0.25) is 3.54 Å². The van der Waals surface area contributed by atoms with Crippen LogP contribution in [0.5, 0.6) is 0 Å². The average molecular weight is 187 g/mol. The van der Waals surface area contributed by atoms with Gasteiger partial charge >= 0.3 is 18.2 Å². The van der Waals surface area contributed by atoms with Crippen molar-refractivity contribution in [3.8, 4) is 0 Å². The lowest BCUT2D eigenvalue weighted by atomic mass is 9.75. The molecule has 0 aromatic rings. The van der Waals surface area contributed by atoms with Crippen LogP contribution >= 0.6 is 12.9 Å². The van der Waals surface area contributed by atoms with Crippen LogP contribution in [0.3, 0.4) is 0 Å². The Kier molecular flexibility index (Phi) is 2.27. The zero-order valence-electron chi connectivity index (χ0n) is 5.58. The zero-order valence-corrected chi connectivity index (χ0v) is 8.58. The molecule has 1 saturated carbocycles. The third kappa shape index (κ3) is 1.07. The van der Waals surface area contributed by atoms with E-state index in [9.17, 15) is 0 Å². The quantitative estimate of drug-likeness (QED) is 0.554. The summed E-state index contributed by atoms with van der Waals surface area (Å²) >= 11 is 3.76. The van der Waals surface area contributed by atoms with Crippen molar-refractivity contribution in [2.45, 2.75) is 30.2 Å². The monoisotopic (exact) mass is 186 g/mol. The number of rotatable bonds is 1. The van der Waals surface area contributed by atoms with Gasteiger partial charge in [-0.05, 0) is 0 Å². The van der Waals surface area contributed by atoms with E-state index in [1.807, 2.05) is 0 Å². The normalized spacial score (nSPS) is 45.1. The van der Waals surface area contributed by atoms with E-state index in [2.05, 4.69) is 26.7 Å². The van der Waals surface area contributed by atoms with Gasteiger partial charge in [0.2, 0.25) is 0 Å². The van der Waals surface area contributed by atoms with Crippen LogP contribution in [0.25, 0.3) is 0 Å². The third-order valence-corrected chi connectivity index (χ3v) is 8.15. The Morgan fingerprint density at radius 1 is 1.75 bits per heavy atom. The van der Waals surface area contributed by atoms with Crippen LogP contribution in [0.15, 0.2) is 0 Å². The van der Waals surface area contributed by atoms with Crippen molar-refractivity contribution >= 4 is 31.1 Å². The van der Waals surface area contributed by atoms with Gasteiger partial charge in [-0.15, -0.1) is 3.54 Å². The minimum absolute atomic E-state index is 0.0938. The molecule has 0 saturated heterocycles. The predicted molar refractivity (Wildman–Crippen MR) is 41.4 cm³/mol. The standard InChI is InChI=1S/C6H11.BrH.Mg/c1-5-3-4-6(5)2;;/h5H,3-4H2,1-2H3;1H;/q;;+1/p-1. The number of hydrogen-bond donors (Lipinski definition) is 0. The maximum Gasteiger partial charge on any atom is 0.475 e. The van der Waals surface area contributed by atoms with Gasteiger partial charge in [-0.1, -0.05) is 32.6 Å². The van der Waals surface area contributed by atoms with Crippen molar-refractivity contribution in [3.05, 3.63) is 0 Å². The summed E-state index contributed by atoms with van der Waals surface area (Å²) in [6.45, 7) is 4.79. The van der Waals surface area contributed by atoms with Gasteiger partial charge in [-0.3, -0.25) is 0 Å². The van der Waals surface area contributed by atoms with Gasteiger partial charge < -0.3 is 12.9 Å². The smallest absolute Gasteiger partial charge is 0.306 e. The Hall–Kier alpha value is 1.25. The molecule has 1 aliphatic carbocycles. The molecule has 0 aromatic carbocycles. The Labute approximate surface area is 67.0 Å². The second-order valence-corrected chi connectivity index (χ2v) is 6.79. The van der Waals surface area contributed by atoms with E-state index in [4.69, 9.17) is 0 Å². The second kappa shape index (κ2) is 2.47. The van der Waals surface area contributed by atoms with E-state index in [-0.39, 0.29) is 18.2 Å². The zero-order chi connectivity index (χ0) is 6.20. The van der Waals surface area contributed by atoms with Crippen molar-refractivity contribution in [2.24, 2.45) is 5.92 Å². The fourth-order valence-corrected chi connectivity index (χ4v) is 4.43. The molecule has 2 heteroatoms. The highest BCUT2D eigenvalue weighted by Crippen LogP contribution is 2.52. The summed E-state index contributed by atoms with van der Waals surface area (Å²) in [5.74, 6) is 1.01. The molecule has 0 amide bonds. The molecule has 0 aliphatic heterocycles. The lowest BCUT2D eigenvalue weighted by molar-refractivity contribution is 0.239. The van der Waals surface area contributed by atoms with Crippen LogP contribution < -0.4 is 0 Å². The molecule has 44 valence electrons. The molecule has 8 heavy (non-hydrogen) atoms. The van der Waals surface area contributed by atoms with E-state index in [1.165, 1.54) is 12.8 Å². The van der Waals surface area contributed by atoms with Gasteiger partial charge in [0.1, 0.15) is 0 Å². The Morgan fingerprint density at radius 3 is 2.38 bits per heavy atom. The minimum atomic E-state index is 0.0938. The first-order valence-corrected chi connectivity index (χ1v) is 7.85. The van der Waals surface area contributed by atoms with Gasteiger partial charge in [0.05, 0.1) is 0 Å². The lowest BCUT2D eigenvalue weighted by Crippen LogP contribution is -2.31. The summed E-state index contributed by atoms with van der Waals surface area (Å²) in [5.41, 5.74) is 0. The molecule has 0 N–H and O–H groups in total. The molecule has 2 unspecified atom stereocenters. The van der Waals surface area contributed by atoms with Crippen LogP contribution in [0.4, 0.5) is 0 Å². The predicted octanol–water partition coefficient (Wildman–Crippen LogP) is 2.61. The first-order valence-electron chi connectivity index (χ1n) is 3.25. The van der Waals surface area contributed by atoms with E-state index in [0.717, 1.165) is 9.46 Å². The number of halogens is 1. The van der Waals surface area contributed by atoms with Gasteiger partial charge in [0.25, 0.3) is 0 Å². The minimum Gasteiger partial charge on any atom is -0.306 e. The summed E-state index contributed by atoms with van der Waals surface area (Å²) in [4.78, 5) is 0. The average Bonchev–Trinajstić information content (AvgIpc) is 1.83. The molecule has 1 fully saturated rings. The van der Waals surface area contributed by atoms with Crippen molar-refractivity contribution in [1.82, 2.24) is 0 Å². The Balaban J connectivity index is 2.42. The van der Waals surface area contributed by atoms with E-state index >= 15 is 0 Å². The van der Waals surface area contributed by atoms with Gasteiger partial charge in [-0.25, -0.2) is 0 Å². The van der Waals surface area contributed by atoms with Gasteiger partial charge in [-0.2, -0.15) is 0 Å². The topological polar surface area (TPSA) is 0 Å². The van der Waals surface area contributed by atoms with E-state index < -0.39 is 0 Å². The summed E-state index contributed by atoms with van der Waals surface area (Å²) in [6, 6.07) is 0. The van der Waals surface area contributed by atoms with Crippen LogP contribution in [-0.4, -0.2) is 18.2 Å². The van der Waals surface area contributed by atoms with Crippen molar-refractivity contribution in [2.75, 3.05) is 0 Å². The van der Waals surface area contributed by atoms with Crippen molar-refractivity contribution < 1.29 is 0 Å². The molecule has 0 aromatic heterocycles. The summed E-state index contributed by atoms with van der Waals surface area (Å²) in [6.07, 6.45) is 2.95. The van der Waals surface area contributed by atoms with Crippen LogP contribution in [0, 0.1) is 5.92 Å². The first kappa shape index (κ1) is 7.35. The maximum atomic E-state index is 3.66. The van der Waals surface area contributed by atoms with Crippen molar-refractivity contribution in [3.63, 3.8) is 0 Å². The highest BCUT2D eigenvalue weighted by Gasteiger charge is 2.38. The fraction of sp³-hybridized carbons (Fsp3) is 1.00. The van der Waals surface area contributed by atoms with E-state index in [0.29, 0.717) is 0 Å². The summed E-state index contributed by atoms with van der Waals surface area (Å²) in [7, 11) is 0. The Morgan fingerprint density at radius 2 is 2.38 bits per heavy atom. The van der Waals surface area contributed by atoms with Crippen LogP contribution in [-0.2, 0) is 0 Å². The van der Waals surface area contributed by atoms with Gasteiger partial charge in [0.15, 0.2) is 0 Å². The third-order valence-electron chi connectivity index (χ3n) is 2.64. The first-order chi connectivity index (χ1) is 3.69. The summed E-state index contributed by atoms with van der Waals surface area (Å²) in [5, 5.41) is 0. The Bertz CT molecular complexity index is 90.5. The molecule has 0 nitrogen and oxygen atoms in total. The van der Waals surface area contributed by atoms with E-state index in [1.54, 1.807) is 0 Å². The largest absolute Gasteiger partial charge is 0.475 e. The summed E-state index contributed by atoms with van der Waals surface area (Å²) < 4.78 is 0.778. The molecular weight excluding hydrogens is 176 g/mol. The maximum absolute atomic E-state index is 3.66. The SMILES string of the molecule is CC1CC[C]1(C)[Mg][Br]. The second-order valence-electron chi connectivity index (χ2n) is 3.23. The fourth-order valence-electron chi connectivity index (χ4n) is 1.12. The molecule has 2 atom stereocenters. The number of hydrogen-bond acceptors (Lipinski definition) is 0. The molecule has 0 spiro atoms. The van der Waals surface area contributed by atoms with Gasteiger partial charge in [0, 0.05) is 0 Å². The highest BCUT2D eigenvalue weighted by atomic mass is 79.9.